The van der Waals surface area contributed by atoms with E-state index in [1.165, 1.54) is 0 Å². The Balaban J connectivity index is 2.43. The highest BCUT2D eigenvalue weighted by Crippen LogP contribution is 2.33. The molecule has 0 N–H and O–H groups in total. The molecule has 0 bridgehead atoms. The molecular formula is C14H4Cl4. The van der Waals surface area contributed by atoms with Gasteiger partial charge >= 0.3 is 0 Å². The Labute approximate surface area is 124 Å². The maximum atomic E-state index is 5.97. The van der Waals surface area contributed by atoms with Crippen molar-refractivity contribution in [3.8, 4) is 0 Å². The normalized spacial score (nSPS) is 11.3. The van der Waals surface area contributed by atoms with E-state index in [9.17, 15) is 0 Å². The summed E-state index contributed by atoms with van der Waals surface area (Å²) in [6, 6.07) is 13.5. The second-order valence-corrected chi connectivity index (χ2v) is 5.46. The molecule has 0 amide bonds. The quantitative estimate of drug-likeness (QED) is 0.433. The highest BCUT2D eigenvalue weighted by atomic mass is 35.5. The molecule has 0 atom stereocenters. The van der Waals surface area contributed by atoms with Gasteiger partial charge in [0.2, 0.25) is 0 Å². The second kappa shape index (κ2) is 4.47. The van der Waals surface area contributed by atoms with Crippen LogP contribution in [0.15, 0.2) is 24.3 Å². The predicted octanol–water partition coefficient (Wildman–Crippen LogP) is 6.21. The fourth-order valence-electron chi connectivity index (χ4n) is 1.84. The zero-order valence-electron chi connectivity index (χ0n) is 8.82. The van der Waals surface area contributed by atoms with E-state index in [-0.39, 0.29) is 0 Å². The third-order valence-corrected chi connectivity index (χ3v) is 4.08. The fourth-order valence-corrected chi connectivity index (χ4v) is 2.49. The monoisotopic (exact) mass is 312 g/mol. The van der Waals surface area contributed by atoms with Crippen LogP contribution in [-0.4, -0.2) is 0 Å². The molecule has 3 aromatic rings. The lowest BCUT2D eigenvalue weighted by molar-refractivity contribution is 1.74. The Morgan fingerprint density at radius 3 is 1.39 bits per heavy atom. The third-order valence-electron chi connectivity index (χ3n) is 2.69. The molecule has 0 aliphatic heterocycles. The van der Waals surface area contributed by atoms with Crippen molar-refractivity contribution in [1.82, 2.24) is 0 Å². The van der Waals surface area contributed by atoms with Crippen molar-refractivity contribution >= 4 is 67.9 Å². The van der Waals surface area contributed by atoms with Gasteiger partial charge in [0.1, 0.15) is 0 Å². The van der Waals surface area contributed by atoms with Crippen LogP contribution in [0.4, 0.5) is 0 Å². The molecule has 0 heterocycles. The summed E-state index contributed by atoms with van der Waals surface area (Å²) < 4.78 is 0. The molecule has 0 saturated heterocycles. The van der Waals surface area contributed by atoms with E-state index in [0.29, 0.717) is 20.1 Å². The average molecular weight is 314 g/mol. The Morgan fingerprint density at radius 2 is 1.00 bits per heavy atom. The Bertz CT molecular complexity index is 649. The number of benzene rings is 3. The lowest BCUT2D eigenvalue weighted by Gasteiger charge is -2.05. The van der Waals surface area contributed by atoms with Gasteiger partial charge in [-0.2, -0.15) is 0 Å². The summed E-state index contributed by atoms with van der Waals surface area (Å²) in [5.41, 5.74) is 0. The van der Waals surface area contributed by atoms with Crippen molar-refractivity contribution < 1.29 is 0 Å². The number of hydrogen-bond acceptors (Lipinski definition) is 0. The van der Waals surface area contributed by atoms with Gasteiger partial charge in [-0.3, -0.25) is 0 Å². The summed E-state index contributed by atoms with van der Waals surface area (Å²) in [5, 5.41) is 5.40. The standard InChI is InChI=1S/C14H4Cl4/c15-11-3-7-1-8-4-12(16)14(18)6-10(8)2-9(7)5-13(11)17/h1-3,6H. The van der Waals surface area contributed by atoms with E-state index in [1.54, 1.807) is 12.1 Å². The first-order chi connectivity index (χ1) is 8.54. The van der Waals surface area contributed by atoms with Crippen LogP contribution in [0.5, 0.6) is 0 Å². The smallest absolute Gasteiger partial charge is 0.0677 e. The van der Waals surface area contributed by atoms with Crippen molar-refractivity contribution in [3.05, 3.63) is 56.5 Å². The molecule has 0 saturated carbocycles. The lowest BCUT2D eigenvalue weighted by atomic mass is 10.0. The molecule has 2 radical (unpaired) electrons. The van der Waals surface area contributed by atoms with E-state index in [0.717, 1.165) is 21.5 Å². The van der Waals surface area contributed by atoms with E-state index in [4.69, 9.17) is 46.4 Å². The molecule has 3 rings (SSSR count). The number of halogens is 4. The minimum absolute atomic E-state index is 0.410. The van der Waals surface area contributed by atoms with Crippen LogP contribution >= 0.6 is 46.4 Å². The molecular weight excluding hydrogens is 310 g/mol. The van der Waals surface area contributed by atoms with Gasteiger partial charge in [0.15, 0.2) is 0 Å². The van der Waals surface area contributed by atoms with Crippen molar-refractivity contribution in [2.24, 2.45) is 0 Å². The van der Waals surface area contributed by atoms with Gasteiger partial charge in [0.25, 0.3) is 0 Å². The van der Waals surface area contributed by atoms with Crippen LogP contribution in [0.3, 0.4) is 0 Å². The molecule has 18 heavy (non-hydrogen) atoms. The van der Waals surface area contributed by atoms with Gasteiger partial charge in [-0.1, -0.05) is 46.4 Å². The van der Waals surface area contributed by atoms with Gasteiger partial charge in [-0.25, -0.2) is 0 Å². The second-order valence-electron chi connectivity index (χ2n) is 3.89. The zero-order valence-corrected chi connectivity index (χ0v) is 11.8. The maximum absolute atomic E-state index is 5.97. The minimum Gasteiger partial charge on any atom is -0.0827 e. The van der Waals surface area contributed by atoms with Crippen LogP contribution in [0, 0.1) is 12.1 Å². The molecule has 0 spiro atoms. The Kier molecular flexibility index (Phi) is 3.07. The maximum Gasteiger partial charge on any atom is 0.0677 e. The number of rotatable bonds is 0. The molecule has 0 aliphatic carbocycles. The molecule has 0 nitrogen and oxygen atoms in total. The first-order valence-electron chi connectivity index (χ1n) is 5.07. The van der Waals surface area contributed by atoms with E-state index in [1.807, 2.05) is 12.1 Å². The molecule has 4 heteroatoms. The third kappa shape index (κ3) is 2.04. The van der Waals surface area contributed by atoms with E-state index < -0.39 is 0 Å². The Morgan fingerprint density at radius 1 is 0.611 bits per heavy atom. The van der Waals surface area contributed by atoms with E-state index in [2.05, 4.69) is 12.1 Å². The van der Waals surface area contributed by atoms with Crippen molar-refractivity contribution in [2.45, 2.75) is 0 Å². The highest BCUT2D eigenvalue weighted by Gasteiger charge is 2.06. The fraction of sp³-hybridized carbons (Fsp3) is 0. The predicted molar refractivity (Wildman–Crippen MR) is 79.2 cm³/mol. The first-order valence-corrected chi connectivity index (χ1v) is 6.58. The lowest BCUT2D eigenvalue weighted by Crippen LogP contribution is -1.80. The van der Waals surface area contributed by atoms with Crippen LogP contribution in [0.1, 0.15) is 0 Å². The van der Waals surface area contributed by atoms with Gasteiger partial charge in [0.05, 0.1) is 20.1 Å². The summed E-state index contributed by atoms with van der Waals surface area (Å²) in [5.74, 6) is 0. The summed E-state index contributed by atoms with van der Waals surface area (Å²) in [6.07, 6.45) is 0. The molecule has 88 valence electrons. The van der Waals surface area contributed by atoms with Gasteiger partial charge < -0.3 is 0 Å². The largest absolute Gasteiger partial charge is 0.0827 e. The van der Waals surface area contributed by atoms with E-state index >= 15 is 0 Å². The molecule has 0 fully saturated rings. The summed E-state index contributed by atoms with van der Waals surface area (Å²) in [4.78, 5) is 0. The van der Waals surface area contributed by atoms with Crippen LogP contribution in [0.25, 0.3) is 21.5 Å². The highest BCUT2D eigenvalue weighted by molar-refractivity contribution is 6.43. The zero-order chi connectivity index (χ0) is 12.9. The molecule has 3 aromatic carbocycles. The summed E-state index contributed by atoms with van der Waals surface area (Å²) >= 11 is 23.9. The van der Waals surface area contributed by atoms with Gasteiger partial charge in [-0.15, -0.1) is 0 Å². The SMILES string of the molecule is Clc1[c]c2cc3cc(Cl)c(Cl)[c]c3cc2cc1Cl. The van der Waals surface area contributed by atoms with Crippen LogP contribution < -0.4 is 0 Å². The van der Waals surface area contributed by atoms with Crippen LogP contribution in [-0.2, 0) is 0 Å². The minimum atomic E-state index is 0.410. The summed E-state index contributed by atoms with van der Waals surface area (Å²) in [6.45, 7) is 0. The summed E-state index contributed by atoms with van der Waals surface area (Å²) in [7, 11) is 0. The molecule has 0 unspecified atom stereocenters. The average Bonchev–Trinajstić information content (AvgIpc) is 2.31. The Hall–Kier alpha value is -0.660. The van der Waals surface area contributed by atoms with Crippen LogP contribution in [0.2, 0.25) is 20.1 Å². The number of hydrogen-bond donors (Lipinski definition) is 0. The molecule has 0 aromatic heterocycles. The first kappa shape index (κ1) is 12.4. The van der Waals surface area contributed by atoms with Crippen molar-refractivity contribution in [2.75, 3.05) is 0 Å². The van der Waals surface area contributed by atoms with Gasteiger partial charge in [-0.05, 0) is 45.8 Å². The van der Waals surface area contributed by atoms with Gasteiger partial charge in [0, 0.05) is 12.1 Å². The van der Waals surface area contributed by atoms with Crippen molar-refractivity contribution in [1.29, 1.82) is 0 Å². The molecule has 0 aliphatic rings. The topological polar surface area (TPSA) is 0 Å². The number of fused-ring (bicyclic) bond motifs is 2. The van der Waals surface area contributed by atoms with Crippen molar-refractivity contribution in [3.63, 3.8) is 0 Å².